The first kappa shape index (κ1) is 18.3. The Balaban J connectivity index is 1.62. The summed E-state index contributed by atoms with van der Waals surface area (Å²) in [7, 11) is 0. The van der Waals surface area contributed by atoms with Crippen LogP contribution in [0.3, 0.4) is 0 Å². The van der Waals surface area contributed by atoms with Crippen LogP contribution >= 0.6 is 0 Å². The second-order valence-electron chi connectivity index (χ2n) is 7.53. The molecule has 0 atom stereocenters. The minimum Gasteiger partial charge on any atom is -0.366 e. The van der Waals surface area contributed by atoms with E-state index in [1.54, 1.807) is 0 Å². The monoisotopic (exact) mass is 394 g/mol. The smallest absolute Gasteiger partial charge is 0.236 e. The van der Waals surface area contributed by atoms with Gasteiger partial charge in [0.1, 0.15) is 5.82 Å². The van der Waals surface area contributed by atoms with Gasteiger partial charge in [-0.3, -0.25) is 4.57 Å². The second kappa shape index (κ2) is 7.62. The molecule has 6 nitrogen and oxygen atoms in total. The largest absolute Gasteiger partial charge is 0.366 e. The number of benzene rings is 2. The van der Waals surface area contributed by atoms with E-state index in [-0.39, 0.29) is 0 Å². The number of nitrogens with one attached hydrogen (secondary N) is 2. The van der Waals surface area contributed by atoms with Gasteiger partial charge in [0, 0.05) is 42.7 Å². The third-order valence-electron chi connectivity index (χ3n) is 5.57. The Labute approximate surface area is 175 Å². The molecule has 0 amide bonds. The van der Waals surface area contributed by atoms with Crippen LogP contribution in [0.25, 0.3) is 16.9 Å². The number of rotatable bonds is 4. The van der Waals surface area contributed by atoms with Crippen molar-refractivity contribution in [3.63, 3.8) is 0 Å². The molecule has 0 aliphatic carbocycles. The standard InChI is InChI=1S/C24H22N6/c1-16-12-19-18(13-25)8-5-9-22(19)30(16)24-28-21-10-11-26-15-20(21)23(29-24)27-14-17-6-3-2-4-7-17/h2-9,12,26H,10-11,14-15H2,1H3,(H,27,28,29). The van der Waals surface area contributed by atoms with Gasteiger partial charge < -0.3 is 10.6 Å². The minimum absolute atomic E-state index is 0.647. The molecule has 0 saturated carbocycles. The van der Waals surface area contributed by atoms with Gasteiger partial charge >= 0.3 is 0 Å². The van der Waals surface area contributed by atoms with Gasteiger partial charge in [-0.05, 0) is 30.7 Å². The molecule has 0 saturated heterocycles. The van der Waals surface area contributed by atoms with Crippen molar-refractivity contribution in [3.8, 4) is 12.0 Å². The highest BCUT2D eigenvalue weighted by molar-refractivity contribution is 5.88. The number of hydrogen-bond donors (Lipinski definition) is 2. The molecular formula is C24H22N6. The van der Waals surface area contributed by atoms with Crippen LogP contribution in [0.5, 0.6) is 0 Å². The van der Waals surface area contributed by atoms with Gasteiger partial charge in [0.05, 0.1) is 22.8 Å². The van der Waals surface area contributed by atoms with Crippen LogP contribution in [0.1, 0.15) is 28.1 Å². The zero-order chi connectivity index (χ0) is 20.5. The molecule has 148 valence electrons. The van der Waals surface area contributed by atoms with E-state index in [1.165, 1.54) is 5.56 Å². The van der Waals surface area contributed by atoms with Crippen molar-refractivity contribution in [1.29, 1.82) is 5.26 Å². The zero-order valence-electron chi connectivity index (χ0n) is 16.8. The highest BCUT2D eigenvalue weighted by Crippen LogP contribution is 2.28. The van der Waals surface area contributed by atoms with Crippen molar-refractivity contribution in [3.05, 3.63) is 82.7 Å². The van der Waals surface area contributed by atoms with Crippen LogP contribution in [-0.2, 0) is 19.5 Å². The molecule has 0 radical (unpaired) electrons. The highest BCUT2D eigenvalue weighted by Gasteiger charge is 2.20. The van der Waals surface area contributed by atoms with E-state index in [1.807, 2.05) is 54.0 Å². The van der Waals surface area contributed by atoms with Crippen molar-refractivity contribution in [2.75, 3.05) is 11.9 Å². The van der Waals surface area contributed by atoms with Crippen molar-refractivity contribution in [2.24, 2.45) is 0 Å². The maximum absolute atomic E-state index is 9.48. The molecule has 6 heteroatoms. The number of hydrogen-bond acceptors (Lipinski definition) is 5. The van der Waals surface area contributed by atoms with E-state index in [4.69, 9.17) is 9.97 Å². The second-order valence-corrected chi connectivity index (χ2v) is 7.53. The zero-order valence-corrected chi connectivity index (χ0v) is 16.8. The lowest BCUT2D eigenvalue weighted by Crippen LogP contribution is -2.27. The molecule has 2 N–H and O–H groups in total. The van der Waals surface area contributed by atoms with Gasteiger partial charge in [-0.2, -0.15) is 10.2 Å². The molecule has 3 heterocycles. The van der Waals surface area contributed by atoms with Crippen molar-refractivity contribution in [2.45, 2.75) is 26.4 Å². The molecule has 2 aromatic carbocycles. The molecule has 1 aliphatic rings. The maximum atomic E-state index is 9.48. The SMILES string of the molecule is Cc1cc2c(C#N)cccc2n1-c1nc2c(c(NCc3ccccc3)n1)CNCC2. The number of nitrogens with zero attached hydrogens (tertiary/aromatic N) is 4. The molecule has 4 aromatic rings. The van der Waals surface area contributed by atoms with Gasteiger partial charge in [0.25, 0.3) is 0 Å². The molecule has 1 aliphatic heterocycles. The lowest BCUT2D eigenvalue weighted by Gasteiger charge is -2.21. The van der Waals surface area contributed by atoms with E-state index in [0.29, 0.717) is 18.1 Å². The Bertz CT molecular complexity index is 1270. The van der Waals surface area contributed by atoms with Crippen LogP contribution < -0.4 is 10.6 Å². The molecule has 0 unspecified atom stereocenters. The highest BCUT2D eigenvalue weighted by atomic mass is 15.2. The molecule has 2 aromatic heterocycles. The van der Waals surface area contributed by atoms with Gasteiger partial charge in [0.2, 0.25) is 5.95 Å². The number of nitriles is 1. The molecule has 0 spiro atoms. The molecule has 30 heavy (non-hydrogen) atoms. The van der Waals surface area contributed by atoms with Crippen molar-refractivity contribution >= 4 is 16.7 Å². The first-order valence-electron chi connectivity index (χ1n) is 10.1. The Morgan fingerprint density at radius 2 is 2.00 bits per heavy atom. The lowest BCUT2D eigenvalue weighted by atomic mass is 10.1. The van der Waals surface area contributed by atoms with Crippen LogP contribution in [0.2, 0.25) is 0 Å². The summed E-state index contributed by atoms with van der Waals surface area (Å²) < 4.78 is 2.05. The number of aryl methyl sites for hydroxylation is 1. The number of fused-ring (bicyclic) bond motifs is 2. The predicted octanol–water partition coefficient (Wildman–Crippen LogP) is 3.86. The van der Waals surface area contributed by atoms with E-state index in [2.05, 4.69) is 28.8 Å². The molecule has 0 bridgehead atoms. The third-order valence-corrected chi connectivity index (χ3v) is 5.57. The van der Waals surface area contributed by atoms with Crippen molar-refractivity contribution in [1.82, 2.24) is 19.9 Å². The summed E-state index contributed by atoms with van der Waals surface area (Å²) in [5.41, 5.74) is 6.04. The normalized spacial score (nSPS) is 13.1. The average Bonchev–Trinajstić information content (AvgIpc) is 3.13. The Morgan fingerprint density at radius 3 is 2.83 bits per heavy atom. The van der Waals surface area contributed by atoms with Gasteiger partial charge in [-0.25, -0.2) is 4.98 Å². The van der Waals surface area contributed by atoms with Crippen LogP contribution in [0.15, 0.2) is 54.6 Å². The third kappa shape index (κ3) is 3.19. The quantitative estimate of drug-likeness (QED) is 0.550. The number of aromatic nitrogens is 3. The van der Waals surface area contributed by atoms with E-state index >= 15 is 0 Å². The van der Waals surface area contributed by atoms with E-state index < -0.39 is 0 Å². The van der Waals surface area contributed by atoms with Gasteiger partial charge in [-0.1, -0.05) is 36.4 Å². The Kier molecular flexibility index (Phi) is 4.66. The fourth-order valence-electron chi connectivity index (χ4n) is 4.08. The summed E-state index contributed by atoms with van der Waals surface area (Å²) in [5, 5.41) is 17.4. The maximum Gasteiger partial charge on any atom is 0.236 e. The molecule has 5 rings (SSSR count). The minimum atomic E-state index is 0.647. The van der Waals surface area contributed by atoms with Crippen LogP contribution in [0.4, 0.5) is 5.82 Å². The fourth-order valence-corrected chi connectivity index (χ4v) is 4.08. The summed E-state index contributed by atoms with van der Waals surface area (Å²) >= 11 is 0. The summed E-state index contributed by atoms with van der Waals surface area (Å²) in [6.45, 7) is 4.40. The fraction of sp³-hybridized carbons (Fsp3) is 0.208. The molecular weight excluding hydrogens is 372 g/mol. The predicted molar refractivity (Wildman–Crippen MR) is 117 cm³/mol. The summed E-state index contributed by atoms with van der Waals surface area (Å²) in [6.07, 6.45) is 0.868. The van der Waals surface area contributed by atoms with Gasteiger partial charge in [-0.15, -0.1) is 0 Å². The Morgan fingerprint density at radius 1 is 1.13 bits per heavy atom. The van der Waals surface area contributed by atoms with Gasteiger partial charge in [0.15, 0.2) is 0 Å². The van der Waals surface area contributed by atoms with Crippen LogP contribution in [0, 0.1) is 18.3 Å². The average molecular weight is 394 g/mol. The first-order valence-corrected chi connectivity index (χ1v) is 10.1. The van der Waals surface area contributed by atoms with Crippen LogP contribution in [-0.4, -0.2) is 21.1 Å². The summed E-state index contributed by atoms with van der Waals surface area (Å²) in [4.78, 5) is 9.85. The Hall–Kier alpha value is -3.69. The number of anilines is 1. The topological polar surface area (TPSA) is 78.6 Å². The van der Waals surface area contributed by atoms with Crippen molar-refractivity contribution < 1.29 is 0 Å². The molecule has 0 fully saturated rings. The first-order chi connectivity index (χ1) is 14.7. The summed E-state index contributed by atoms with van der Waals surface area (Å²) in [5.74, 6) is 1.51. The van der Waals surface area contributed by atoms with E-state index in [9.17, 15) is 5.26 Å². The van der Waals surface area contributed by atoms with E-state index in [0.717, 1.165) is 53.2 Å². The lowest BCUT2D eigenvalue weighted by molar-refractivity contribution is 0.624. The summed E-state index contributed by atoms with van der Waals surface area (Å²) in [6, 6.07) is 20.4.